The summed E-state index contributed by atoms with van der Waals surface area (Å²) in [6.07, 6.45) is -0.475. The second-order valence-corrected chi connectivity index (χ2v) is 9.20. The van der Waals surface area contributed by atoms with E-state index in [0.717, 1.165) is 22.3 Å². The number of carbonyl (C=O) groups excluding carboxylic acids is 2. The summed E-state index contributed by atoms with van der Waals surface area (Å²) >= 11 is 0. The fourth-order valence-corrected chi connectivity index (χ4v) is 4.38. The smallest absolute Gasteiger partial charge is 0.407 e. The Bertz CT molecular complexity index is 990. The number of carboxylic acid groups (broad SMARTS) is 1. The first-order valence-corrected chi connectivity index (χ1v) is 11.8. The van der Waals surface area contributed by atoms with Gasteiger partial charge in [0.1, 0.15) is 6.61 Å². The Kier molecular flexibility index (Phi) is 8.31. The molecule has 2 unspecified atom stereocenters. The lowest BCUT2D eigenvalue weighted by Gasteiger charge is -2.27. The minimum Gasteiger partial charge on any atom is -0.481 e. The van der Waals surface area contributed by atoms with Crippen LogP contribution in [0.4, 0.5) is 4.79 Å². The van der Waals surface area contributed by atoms with Crippen LogP contribution in [0.25, 0.3) is 11.1 Å². The minimum absolute atomic E-state index is 0.0000332. The van der Waals surface area contributed by atoms with Crippen LogP contribution in [0.5, 0.6) is 0 Å². The van der Waals surface area contributed by atoms with Gasteiger partial charge < -0.3 is 20.1 Å². The number of rotatable bonds is 10. The summed E-state index contributed by atoms with van der Waals surface area (Å²) in [6, 6.07) is 15.9. The topological polar surface area (TPSA) is 95.9 Å². The van der Waals surface area contributed by atoms with Gasteiger partial charge in [0.15, 0.2) is 0 Å². The van der Waals surface area contributed by atoms with Gasteiger partial charge in [0.2, 0.25) is 5.91 Å². The highest BCUT2D eigenvalue weighted by molar-refractivity contribution is 5.80. The second-order valence-electron chi connectivity index (χ2n) is 9.20. The average Bonchev–Trinajstić information content (AvgIpc) is 3.14. The molecule has 0 saturated heterocycles. The van der Waals surface area contributed by atoms with E-state index in [-0.39, 0.29) is 37.3 Å². The Labute approximate surface area is 201 Å². The number of benzene rings is 2. The highest BCUT2D eigenvalue weighted by Gasteiger charge is 2.30. The van der Waals surface area contributed by atoms with E-state index in [1.54, 1.807) is 6.92 Å². The van der Waals surface area contributed by atoms with E-state index in [4.69, 9.17) is 9.84 Å². The van der Waals surface area contributed by atoms with Crippen molar-refractivity contribution in [2.45, 2.75) is 46.1 Å². The average molecular weight is 467 g/mol. The summed E-state index contributed by atoms with van der Waals surface area (Å²) in [5, 5.41) is 12.0. The number of carboxylic acids is 1. The van der Waals surface area contributed by atoms with E-state index in [1.165, 1.54) is 4.90 Å². The van der Waals surface area contributed by atoms with Crippen molar-refractivity contribution in [3.8, 4) is 11.1 Å². The number of hydrogen-bond acceptors (Lipinski definition) is 4. The zero-order valence-corrected chi connectivity index (χ0v) is 20.3. The molecule has 3 rings (SSSR count). The summed E-state index contributed by atoms with van der Waals surface area (Å²) in [7, 11) is 0. The maximum Gasteiger partial charge on any atom is 0.407 e. The van der Waals surface area contributed by atoms with Crippen molar-refractivity contribution >= 4 is 18.0 Å². The maximum absolute atomic E-state index is 12.8. The van der Waals surface area contributed by atoms with E-state index >= 15 is 0 Å². The van der Waals surface area contributed by atoms with Crippen LogP contribution < -0.4 is 5.32 Å². The molecule has 2 aromatic rings. The monoisotopic (exact) mass is 466 g/mol. The van der Waals surface area contributed by atoms with E-state index in [0.29, 0.717) is 6.54 Å². The molecule has 0 spiro atoms. The largest absolute Gasteiger partial charge is 0.481 e. The van der Waals surface area contributed by atoms with Gasteiger partial charge >= 0.3 is 12.1 Å². The summed E-state index contributed by atoms with van der Waals surface area (Å²) < 4.78 is 5.63. The van der Waals surface area contributed by atoms with Crippen LogP contribution in [0.3, 0.4) is 0 Å². The predicted molar refractivity (Wildman–Crippen MR) is 131 cm³/mol. The lowest BCUT2D eigenvalue weighted by atomic mass is 9.98. The molecule has 0 fully saturated rings. The minimum atomic E-state index is -0.941. The van der Waals surface area contributed by atoms with Crippen molar-refractivity contribution in [3.05, 3.63) is 59.7 Å². The Morgan fingerprint density at radius 1 is 1.00 bits per heavy atom. The maximum atomic E-state index is 12.8. The molecule has 7 heteroatoms. The zero-order valence-electron chi connectivity index (χ0n) is 20.3. The molecule has 0 radical (unpaired) electrons. The van der Waals surface area contributed by atoms with Gasteiger partial charge in [0.05, 0.1) is 5.92 Å². The number of fused-ring (bicyclic) bond motifs is 3. The van der Waals surface area contributed by atoms with Gasteiger partial charge in [-0.05, 0) is 35.1 Å². The van der Waals surface area contributed by atoms with Crippen molar-refractivity contribution < 1.29 is 24.2 Å². The van der Waals surface area contributed by atoms with Crippen LogP contribution in [0.2, 0.25) is 0 Å². The van der Waals surface area contributed by atoms with Gasteiger partial charge in [0.25, 0.3) is 0 Å². The number of hydrogen-bond donors (Lipinski definition) is 2. The van der Waals surface area contributed by atoms with Crippen LogP contribution in [0, 0.1) is 11.8 Å². The van der Waals surface area contributed by atoms with E-state index in [2.05, 4.69) is 29.6 Å². The molecular weight excluding hydrogens is 432 g/mol. The third-order valence-corrected chi connectivity index (χ3v) is 6.50. The quantitative estimate of drug-likeness (QED) is 0.537. The molecule has 2 N–H and O–H groups in total. The molecule has 1 aliphatic carbocycles. The zero-order chi connectivity index (χ0) is 24.8. The molecule has 0 saturated carbocycles. The van der Waals surface area contributed by atoms with Gasteiger partial charge in [0, 0.05) is 31.5 Å². The Morgan fingerprint density at radius 2 is 1.56 bits per heavy atom. The number of carbonyl (C=O) groups is 3. The number of amides is 2. The highest BCUT2D eigenvalue weighted by atomic mass is 16.5. The summed E-state index contributed by atoms with van der Waals surface area (Å²) in [5.41, 5.74) is 4.59. The fourth-order valence-electron chi connectivity index (χ4n) is 4.38. The highest BCUT2D eigenvalue weighted by Crippen LogP contribution is 2.44. The molecule has 0 heterocycles. The molecule has 34 heavy (non-hydrogen) atoms. The molecule has 2 amide bonds. The molecule has 2 atom stereocenters. The van der Waals surface area contributed by atoms with Crippen molar-refractivity contribution in [2.75, 3.05) is 19.7 Å². The number of aliphatic carboxylic acids is 1. The Hall–Kier alpha value is -3.35. The third kappa shape index (κ3) is 5.76. The van der Waals surface area contributed by atoms with Crippen LogP contribution in [0.15, 0.2) is 48.5 Å². The molecule has 7 nitrogen and oxygen atoms in total. The Morgan fingerprint density at radius 3 is 2.06 bits per heavy atom. The van der Waals surface area contributed by atoms with Crippen molar-refractivity contribution in [3.63, 3.8) is 0 Å². The lowest BCUT2D eigenvalue weighted by molar-refractivity contribution is -0.143. The molecular formula is C27H34N2O5. The van der Waals surface area contributed by atoms with Crippen molar-refractivity contribution in [2.24, 2.45) is 11.8 Å². The van der Waals surface area contributed by atoms with Gasteiger partial charge in [-0.25, -0.2) is 4.79 Å². The normalized spacial score (nSPS) is 14.1. The van der Waals surface area contributed by atoms with Crippen molar-refractivity contribution in [1.29, 1.82) is 0 Å². The number of nitrogens with one attached hydrogen (secondary N) is 1. The molecule has 1 aliphatic rings. The first-order chi connectivity index (χ1) is 16.2. The third-order valence-electron chi connectivity index (χ3n) is 6.50. The lowest BCUT2D eigenvalue weighted by Crippen LogP contribution is -2.45. The molecule has 0 aromatic heterocycles. The first kappa shape index (κ1) is 25.3. The van der Waals surface area contributed by atoms with Crippen LogP contribution in [-0.4, -0.2) is 53.7 Å². The first-order valence-electron chi connectivity index (χ1n) is 11.8. The van der Waals surface area contributed by atoms with Gasteiger partial charge in [-0.15, -0.1) is 0 Å². The van der Waals surface area contributed by atoms with Crippen molar-refractivity contribution in [1.82, 2.24) is 10.2 Å². The molecule has 0 aliphatic heterocycles. The second kappa shape index (κ2) is 11.2. The number of alkyl carbamates (subject to hydrolysis) is 1. The predicted octanol–water partition coefficient (Wildman–Crippen LogP) is 4.51. The van der Waals surface area contributed by atoms with Crippen LogP contribution in [-0.2, 0) is 14.3 Å². The van der Waals surface area contributed by atoms with Gasteiger partial charge in [-0.3, -0.25) is 9.59 Å². The van der Waals surface area contributed by atoms with Gasteiger partial charge in [-0.2, -0.15) is 0 Å². The van der Waals surface area contributed by atoms with Crippen LogP contribution in [0.1, 0.15) is 51.2 Å². The summed E-state index contributed by atoms with van der Waals surface area (Å²) in [4.78, 5) is 38.2. The van der Waals surface area contributed by atoms with E-state index in [9.17, 15) is 14.4 Å². The standard InChI is InChI=1S/C27H34N2O5/c1-5-29(15-18(4)26(31)32)25(30)14-24(17(2)3)28-27(33)34-16-23-21-12-8-6-10-19(21)20-11-7-9-13-22(20)23/h6-13,17-18,23-24H,5,14-16H2,1-4H3,(H,28,33)(H,31,32). The number of ether oxygens (including phenoxy) is 1. The number of nitrogens with zero attached hydrogens (tertiary/aromatic N) is 1. The molecule has 0 bridgehead atoms. The fraction of sp³-hybridized carbons (Fsp3) is 0.444. The van der Waals surface area contributed by atoms with Crippen LogP contribution >= 0.6 is 0 Å². The summed E-state index contributed by atoms with van der Waals surface area (Å²) in [6.45, 7) is 8.00. The summed E-state index contributed by atoms with van der Waals surface area (Å²) in [5.74, 6) is -1.82. The molecule has 2 aromatic carbocycles. The molecule has 182 valence electrons. The van der Waals surface area contributed by atoms with Gasteiger partial charge in [-0.1, -0.05) is 69.3 Å². The van der Waals surface area contributed by atoms with E-state index in [1.807, 2.05) is 45.0 Å². The van der Waals surface area contributed by atoms with E-state index < -0.39 is 24.0 Å². The SMILES string of the molecule is CCN(CC(C)C(=O)O)C(=O)CC(NC(=O)OCC1c2ccccc2-c2ccccc21)C(C)C. The Balaban J connectivity index is 1.61.